The predicted molar refractivity (Wildman–Crippen MR) is 103 cm³/mol. The molecule has 154 valence electrons. The summed E-state index contributed by atoms with van der Waals surface area (Å²) in [7, 11) is 1.56. The molecule has 0 amide bonds. The van der Waals surface area contributed by atoms with E-state index in [0.717, 1.165) is 17.5 Å². The SMILES string of the molecule is CCOCCNC(=NC)NCc1ccc(-n2nc(C)cc2C)cc1C(F)(F)F. The number of aryl methyl sites for hydroxylation is 2. The minimum Gasteiger partial charge on any atom is -0.380 e. The van der Waals surface area contributed by atoms with E-state index in [4.69, 9.17) is 4.74 Å². The maximum atomic E-state index is 13.6. The highest BCUT2D eigenvalue weighted by Gasteiger charge is 2.33. The molecule has 6 nitrogen and oxygen atoms in total. The number of guanidine groups is 1. The molecule has 0 saturated heterocycles. The van der Waals surface area contributed by atoms with Gasteiger partial charge in [-0.05, 0) is 44.5 Å². The van der Waals surface area contributed by atoms with E-state index in [1.54, 1.807) is 27.0 Å². The Morgan fingerprint density at radius 1 is 1.21 bits per heavy atom. The van der Waals surface area contributed by atoms with E-state index < -0.39 is 11.7 Å². The molecule has 0 bridgehead atoms. The number of halogens is 3. The van der Waals surface area contributed by atoms with Gasteiger partial charge in [-0.25, -0.2) is 4.68 Å². The average Bonchev–Trinajstić information content (AvgIpc) is 2.98. The van der Waals surface area contributed by atoms with Crippen LogP contribution >= 0.6 is 0 Å². The lowest BCUT2D eigenvalue weighted by molar-refractivity contribution is -0.138. The Labute approximate surface area is 162 Å². The summed E-state index contributed by atoms with van der Waals surface area (Å²) in [6.45, 7) is 7.09. The zero-order valence-corrected chi connectivity index (χ0v) is 16.5. The third-order valence-electron chi connectivity index (χ3n) is 4.07. The molecule has 28 heavy (non-hydrogen) atoms. The van der Waals surface area contributed by atoms with Gasteiger partial charge in [0, 0.05) is 32.4 Å². The quantitative estimate of drug-likeness (QED) is 0.428. The van der Waals surface area contributed by atoms with Crippen LogP contribution in [0, 0.1) is 13.8 Å². The highest BCUT2D eigenvalue weighted by Crippen LogP contribution is 2.33. The van der Waals surface area contributed by atoms with Crippen LogP contribution in [0.4, 0.5) is 13.2 Å². The van der Waals surface area contributed by atoms with Crippen molar-refractivity contribution in [2.24, 2.45) is 4.99 Å². The summed E-state index contributed by atoms with van der Waals surface area (Å²) < 4.78 is 47.6. The predicted octanol–water partition coefficient (Wildman–Crippen LogP) is 3.21. The topological polar surface area (TPSA) is 63.5 Å². The van der Waals surface area contributed by atoms with Crippen LogP contribution in [0.25, 0.3) is 5.69 Å². The van der Waals surface area contributed by atoms with Crippen molar-refractivity contribution in [3.8, 4) is 5.69 Å². The first-order valence-corrected chi connectivity index (χ1v) is 9.02. The second kappa shape index (κ2) is 9.59. The molecule has 2 aromatic rings. The molecule has 2 N–H and O–H groups in total. The van der Waals surface area contributed by atoms with E-state index in [9.17, 15) is 13.2 Å². The maximum absolute atomic E-state index is 13.6. The number of aromatic nitrogens is 2. The van der Waals surface area contributed by atoms with Gasteiger partial charge in [-0.15, -0.1) is 0 Å². The third kappa shape index (κ3) is 5.72. The minimum absolute atomic E-state index is 0.0133. The van der Waals surface area contributed by atoms with Gasteiger partial charge in [0.1, 0.15) is 0 Å². The smallest absolute Gasteiger partial charge is 0.380 e. The largest absolute Gasteiger partial charge is 0.416 e. The Bertz CT molecular complexity index is 814. The van der Waals surface area contributed by atoms with Gasteiger partial charge in [0.2, 0.25) is 0 Å². The van der Waals surface area contributed by atoms with Crippen molar-refractivity contribution in [3.63, 3.8) is 0 Å². The average molecular weight is 397 g/mol. The molecule has 9 heteroatoms. The summed E-state index contributed by atoms with van der Waals surface area (Å²) in [5.41, 5.74) is 1.33. The van der Waals surface area contributed by atoms with Crippen molar-refractivity contribution < 1.29 is 17.9 Å². The first-order valence-electron chi connectivity index (χ1n) is 9.02. The maximum Gasteiger partial charge on any atom is 0.416 e. The molecule has 0 spiro atoms. The highest BCUT2D eigenvalue weighted by atomic mass is 19.4. The van der Waals surface area contributed by atoms with Crippen molar-refractivity contribution in [1.82, 2.24) is 20.4 Å². The summed E-state index contributed by atoms with van der Waals surface area (Å²) in [4.78, 5) is 4.02. The molecule has 0 aliphatic carbocycles. The van der Waals surface area contributed by atoms with Crippen LogP contribution in [0.3, 0.4) is 0 Å². The fourth-order valence-electron chi connectivity index (χ4n) is 2.79. The third-order valence-corrected chi connectivity index (χ3v) is 4.07. The second-order valence-corrected chi connectivity index (χ2v) is 6.23. The summed E-state index contributed by atoms with van der Waals surface area (Å²) in [6.07, 6.45) is -4.48. The zero-order chi connectivity index (χ0) is 20.7. The number of ether oxygens (including phenoxy) is 1. The molecule has 0 atom stereocenters. The van der Waals surface area contributed by atoms with Crippen molar-refractivity contribution in [2.45, 2.75) is 33.5 Å². The summed E-state index contributed by atoms with van der Waals surface area (Å²) >= 11 is 0. The zero-order valence-electron chi connectivity index (χ0n) is 16.5. The lowest BCUT2D eigenvalue weighted by Gasteiger charge is -2.17. The molecule has 0 unspecified atom stereocenters. The van der Waals surface area contributed by atoms with Gasteiger partial charge in [-0.1, -0.05) is 6.07 Å². The van der Waals surface area contributed by atoms with E-state index in [0.29, 0.717) is 31.4 Å². The number of nitrogens with one attached hydrogen (secondary N) is 2. The molecular formula is C19H26F3N5O. The molecule has 0 radical (unpaired) electrons. The Morgan fingerprint density at radius 3 is 2.54 bits per heavy atom. The molecule has 2 rings (SSSR count). The monoisotopic (exact) mass is 397 g/mol. The number of rotatable bonds is 7. The lowest BCUT2D eigenvalue weighted by atomic mass is 10.1. The Morgan fingerprint density at radius 2 is 1.96 bits per heavy atom. The van der Waals surface area contributed by atoms with Crippen LogP contribution in [-0.4, -0.2) is 42.5 Å². The molecule has 0 saturated carbocycles. The number of alkyl halides is 3. The first kappa shape index (κ1) is 21.7. The van der Waals surface area contributed by atoms with Crippen molar-refractivity contribution in [1.29, 1.82) is 0 Å². The first-order chi connectivity index (χ1) is 13.3. The molecule has 0 aliphatic rings. The fraction of sp³-hybridized carbons (Fsp3) is 0.474. The van der Waals surface area contributed by atoms with Crippen molar-refractivity contribution in [3.05, 3.63) is 46.8 Å². The van der Waals surface area contributed by atoms with E-state index in [2.05, 4.69) is 20.7 Å². The highest BCUT2D eigenvalue weighted by molar-refractivity contribution is 5.79. The van der Waals surface area contributed by atoms with Gasteiger partial charge < -0.3 is 15.4 Å². The number of hydrogen-bond acceptors (Lipinski definition) is 3. The molecule has 1 aromatic heterocycles. The van der Waals surface area contributed by atoms with Gasteiger partial charge in [-0.2, -0.15) is 18.3 Å². The van der Waals surface area contributed by atoms with Gasteiger partial charge in [0.05, 0.1) is 23.6 Å². The summed E-state index contributed by atoms with van der Waals surface area (Å²) in [5.74, 6) is 0.412. The second-order valence-electron chi connectivity index (χ2n) is 6.23. The number of nitrogens with zero attached hydrogens (tertiary/aromatic N) is 3. The van der Waals surface area contributed by atoms with Crippen LogP contribution in [-0.2, 0) is 17.5 Å². The summed E-state index contributed by atoms with van der Waals surface area (Å²) in [5, 5.41) is 10.2. The van der Waals surface area contributed by atoms with Crippen LogP contribution < -0.4 is 10.6 Å². The normalized spacial score (nSPS) is 12.3. The lowest BCUT2D eigenvalue weighted by Crippen LogP contribution is -2.38. The van der Waals surface area contributed by atoms with E-state index in [1.807, 2.05) is 13.0 Å². The van der Waals surface area contributed by atoms with E-state index in [1.165, 1.54) is 10.7 Å². The number of aliphatic imine (C=N–C) groups is 1. The van der Waals surface area contributed by atoms with E-state index in [-0.39, 0.29) is 12.1 Å². The van der Waals surface area contributed by atoms with Crippen LogP contribution in [0.2, 0.25) is 0 Å². The van der Waals surface area contributed by atoms with Gasteiger partial charge >= 0.3 is 6.18 Å². The van der Waals surface area contributed by atoms with Gasteiger partial charge in [-0.3, -0.25) is 4.99 Å². The Kier molecular flexibility index (Phi) is 7.45. The summed E-state index contributed by atoms with van der Waals surface area (Å²) in [6, 6.07) is 6.05. The molecule has 1 heterocycles. The Balaban J connectivity index is 2.19. The van der Waals surface area contributed by atoms with Crippen LogP contribution in [0.1, 0.15) is 29.4 Å². The van der Waals surface area contributed by atoms with Crippen LogP contribution in [0.5, 0.6) is 0 Å². The van der Waals surface area contributed by atoms with Crippen molar-refractivity contribution in [2.75, 3.05) is 26.8 Å². The number of benzene rings is 1. The minimum atomic E-state index is -4.48. The molecule has 0 fully saturated rings. The van der Waals surface area contributed by atoms with Gasteiger partial charge in [0.25, 0.3) is 0 Å². The van der Waals surface area contributed by atoms with Gasteiger partial charge in [0.15, 0.2) is 5.96 Å². The molecule has 1 aromatic carbocycles. The van der Waals surface area contributed by atoms with Crippen LogP contribution in [0.15, 0.2) is 29.3 Å². The molecular weight excluding hydrogens is 371 g/mol. The fourth-order valence-corrected chi connectivity index (χ4v) is 2.79. The standard InChI is InChI=1S/C19H26F3N5O/c1-5-28-9-8-24-18(23-4)25-12-15-6-7-16(11-17(15)19(20,21)22)27-14(3)10-13(2)26-27/h6-7,10-11H,5,8-9,12H2,1-4H3,(H2,23,24,25). The van der Waals surface area contributed by atoms with E-state index >= 15 is 0 Å². The van der Waals surface area contributed by atoms with Crippen molar-refractivity contribution >= 4 is 5.96 Å². The Hall–Kier alpha value is -2.55. The molecule has 0 aliphatic heterocycles. The number of hydrogen-bond donors (Lipinski definition) is 2.